The van der Waals surface area contributed by atoms with Gasteiger partial charge in [0.1, 0.15) is 36.8 Å². The van der Waals surface area contributed by atoms with Crippen molar-refractivity contribution in [1.29, 1.82) is 0 Å². The molecule has 0 radical (unpaired) electrons. The largest absolute Gasteiger partial charge is 0.462 e. The van der Waals surface area contributed by atoms with E-state index in [2.05, 4.69) is 5.32 Å². The molecule has 2 aromatic rings. The number of carbonyl (C=O) groups excluding carboxylic acids is 2. The second-order valence-electron chi connectivity index (χ2n) is 8.69. The van der Waals surface area contributed by atoms with E-state index in [1.54, 1.807) is 56.4 Å². The molecule has 0 bridgehead atoms. The third-order valence-electron chi connectivity index (χ3n) is 5.63. The number of nitrogens with zero attached hydrogens (tertiary/aromatic N) is 1. The van der Waals surface area contributed by atoms with Crippen LogP contribution in [0.4, 0.5) is 0 Å². The zero-order valence-electron chi connectivity index (χ0n) is 20.2. The Morgan fingerprint density at radius 2 is 1.74 bits per heavy atom. The topological polar surface area (TPSA) is 138 Å². The first-order chi connectivity index (χ1) is 16.6. The van der Waals surface area contributed by atoms with Gasteiger partial charge >= 0.3 is 5.97 Å². The molecule has 0 saturated carbocycles. The quantitative estimate of drug-likeness (QED) is 0.387. The first kappa shape index (κ1) is 26.6. The van der Waals surface area contributed by atoms with Gasteiger partial charge in [-0.05, 0) is 62.0 Å². The minimum Gasteiger partial charge on any atom is -0.462 e. The van der Waals surface area contributed by atoms with Crippen molar-refractivity contribution in [3.05, 3.63) is 53.6 Å². The summed E-state index contributed by atoms with van der Waals surface area (Å²) in [7, 11) is 4.99. The van der Waals surface area contributed by atoms with Gasteiger partial charge in [0.2, 0.25) is 6.29 Å². The van der Waals surface area contributed by atoms with Crippen LogP contribution in [-0.4, -0.2) is 97.1 Å². The molecule has 1 amide bonds. The molecule has 10 heteroatoms. The van der Waals surface area contributed by atoms with Crippen molar-refractivity contribution in [2.75, 3.05) is 34.3 Å². The molecule has 3 rings (SSSR count). The van der Waals surface area contributed by atoms with Crippen molar-refractivity contribution in [3.63, 3.8) is 0 Å². The van der Waals surface area contributed by atoms with E-state index in [1.807, 2.05) is 19.1 Å². The SMILES string of the molecule is CNC(=O)c1cccc(-c2ccc(O[C@H]3O[C@H](COC(=O)CN(C)C)[C@@H](O)[C@H](O)[C@@H]3O)c(C)c2)c1. The van der Waals surface area contributed by atoms with E-state index in [9.17, 15) is 24.9 Å². The molecule has 0 aliphatic carbocycles. The van der Waals surface area contributed by atoms with Crippen LogP contribution in [0.15, 0.2) is 42.5 Å². The molecule has 35 heavy (non-hydrogen) atoms. The molecular weight excluding hydrogens is 456 g/mol. The summed E-state index contributed by atoms with van der Waals surface area (Å²) in [6, 6.07) is 12.5. The second kappa shape index (κ2) is 11.6. The third-order valence-corrected chi connectivity index (χ3v) is 5.63. The van der Waals surface area contributed by atoms with E-state index in [1.165, 1.54) is 0 Å². The Morgan fingerprint density at radius 1 is 1.03 bits per heavy atom. The average molecular weight is 489 g/mol. The normalized spacial score (nSPS) is 24.2. The number of carbonyl (C=O) groups is 2. The van der Waals surface area contributed by atoms with Crippen molar-refractivity contribution >= 4 is 11.9 Å². The number of ether oxygens (including phenoxy) is 3. The Labute approximate surface area is 204 Å². The van der Waals surface area contributed by atoms with E-state index in [4.69, 9.17) is 14.2 Å². The number of rotatable bonds is 8. The van der Waals surface area contributed by atoms with Crippen LogP contribution in [0.1, 0.15) is 15.9 Å². The molecule has 1 saturated heterocycles. The van der Waals surface area contributed by atoms with Gasteiger partial charge < -0.3 is 34.8 Å². The van der Waals surface area contributed by atoms with Gasteiger partial charge in [-0.2, -0.15) is 0 Å². The van der Waals surface area contributed by atoms with Crippen LogP contribution < -0.4 is 10.1 Å². The fourth-order valence-corrected chi connectivity index (χ4v) is 3.70. The van der Waals surface area contributed by atoms with Gasteiger partial charge in [0, 0.05) is 12.6 Å². The molecule has 4 N–H and O–H groups in total. The highest BCUT2D eigenvalue weighted by Crippen LogP contribution is 2.30. The average Bonchev–Trinajstić information content (AvgIpc) is 2.83. The molecule has 0 aromatic heterocycles. The maximum absolute atomic E-state index is 11.9. The zero-order chi connectivity index (χ0) is 25.7. The number of aliphatic hydroxyl groups is 3. The zero-order valence-corrected chi connectivity index (χ0v) is 20.2. The minimum atomic E-state index is -1.56. The number of likely N-dealkylation sites (N-methyl/N-ethyl adjacent to an activating group) is 1. The molecule has 10 nitrogen and oxygen atoms in total. The maximum atomic E-state index is 11.9. The van der Waals surface area contributed by atoms with Crippen molar-refractivity contribution in [1.82, 2.24) is 10.2 Å². The van der Waals surface area contributed by atoms with Crippen LogP contribution >= 0.6 is 0 Å². The lowest BCUT2D eigenvalue weighted by Gasteiger charge is -2.40. The summed E-state index contributed by atoms with van der Waals surface area (Å²) in [4.78, 5) is 25.4. The van der Waals surface area contributed by atoms with Crippen LogP contribution in [-0.2, 0) is 14.3 Å². The molecule has 2 aromatic carbocycles. The molecule has 0 unspecified atom stereocenters. The van der Waals surface area contributed by atoms with Gasteiger partial charge in [-0.15, -0.1) is 0 Å². The van der Waals surface area contributed by atoms with E-state index >= 15 is 0 Å². The Balaban J connectivity index is 1.72. The van der Waals surface area contributed by atoms with Crippen LogP contribution in [0.3, 0.4) is 0 Å². The number of hydrogen-bond acceptors (Lipinski definition) is 9. The fourth-order valence-electron chi connectivity index (χ4n) is 3.70. The highest BCUT2D eigenvalue weighted by molar-refractivity contribution is 5.95. The lowest BCUT2D eigenvalue weighted by Crippen LogP contribution is -2.60. The van der Waals surface area contributed by atoms with Crippen LogP contribution in [0, 0.1) is 6.92 Å². The predicted molar refractivity (Wildman–Crippen MR) is 127 cm³/mol. The monoisotopic (exact) mass is 488 g/mol. The smallest absolute Gasteiger partial charge is 0.320 e. The second-order valence-corrected chi connectivity index (χ2v) is 8.69. The number of benzene rings is 2. The van der Waals surface area contributed by atoms with Gasteiger partial charge in [-0.25, -0.2) is 0 Å². The summed E-state index contributed by atoms with van der Waals surface area (Å²) in [5.41, 5.74) is 2.95. The van der Waals surface area contributed by atoms with Crippen LogP contribution in [0.5, 0.6) is 5.75 Å². The standard InChI is InChI=1S/C25H32N2O8/c1-14-10-16(15-6-5-7-17(11-15)24(32)26-2)8-9-18(14)34-25-23(31)22(30)21(29)19(35-25)13-33-20(28)12-27(3)4/h5-11,19,21-23,25,29-31H,12-13H2,1-4H3,(H,26,32)/t19-,21-,22+,23+,25+/m1/s1. The molecule has 1 heterocycles. The highest BCUT2D eigenvalue weighted by atomic mass is 16.7. The lowest BCUT2D eigenvalue weighted by atomic mass is 9.99. The summed E-state index contributed by atoms with van der Waals surface area (Å²) in [6.07, 6.45) is -6.93. The highest BCUT2D eigenvalue weighted by Gasteiger charge is 2.45. The van der Waals surface area contributed by atoms with Gasteiger partial charge in [0.15, 0.2) is 0 Å². The molecular formula is C25H32N2O8. The van der Waals surface area contributed by atoms with Gasteiger partial charge in [0.05, 0.1) is 6.54 Å². The predicted octanol–water partition coefficient (Wildman–Crippen LogP) is 0.313. The van der Waals surface area contributed by atoms with Crippen molar-refractivity contribution in [3.8, 4) is 16.9 Å². The first-order valence-electron chi connectivity index (χ1n) is 11.2. The van der Waals surface area contributed by atoms with E-state index in [0.29, 0.717) is 11.3 Å². The summed E-state index contributed by atoms with van der Waals surface area (Å²) in [5.74, 6) is -0.308. The number of nitrogens with one attached hydrogen (secondary N) is 1. The molecule has 190 valence electrons. The summed E-state index contributed by atoms with van der Waals surface area (Å²) >= 11 is 0. The van der Waals surface area contributed by atoms with E-state index < -0.39 is 36.7 Å². The lowest BCUT2D eigenvalue weighted by molar-refractivity contribution is -0.278. The molecule has 0 spiro atoms. The molecule has 1 aliphatic heterocycles. The van der Waals surface area contributed by atoms with Gasteiger partial charge in [0.25, 0.3) is 5.91 Å². The first-order valence-corrected chi connectivity index (χ1v) is 11.2. The Bertz CT molecular complexity index is 1040. The summed E-state index contributed by atoms with van der Waals surface area (Å²) in [6.45, 7) is 1.55. The van der Waals surface area contributed by atoms with Crippen molar-refractivity contribution < 1.29 is 39.1 Å². The summed E-state index contributed by atoms with van der Waals surface area (Å²) < 4.78 is 16.6. The Hall–Kier alpha value is -3.02. The van der Waals surface area contributed by atoms with Crippen molar-refractivity contribution in [2.24, 2.45) is 0 Å². The Kier molecular flexibility index (Phi) is 8.82. The number of esters is 1. The minimum absolute atomic E-state index is 0.0471. The molecule has 1 fully saturated rings. The summed E-state index contributed by atoms with van der Waals surface area (Å²) in [5, 5.41) is 33.5. The van der Waals surface area contributed by atoms with Gasteiger partial charge in [-0.3, -0.25) is 14.5 Å². The van der Waals surface area contributed by atoms with Crippen molar-refractivity contribution in [2.45, 2.75) is 37.6 Å². The van der Waals surface area contributed by atoms with Gasteiger partial charge in [-0.1, -0.05) is 18.2 Å². The maximum Gasteiger partial charge on any atom is 0.320 e. The fraction of sp³-hybridized carbons (Fsp3) is 0.440. The Morgan fingerprint density at radius 3 is 2.40 bits per heavy atom. The van der Waals surface area contributed by atoms with Crippen LogP contribution in [0.2, 0.25) is 0 Å². The van der Waals surface area contributed by atoms with E-state index in [-0.39, 0.29) is 19.1 Å². The number of hydrogen-bond donors (Lipinski definition) is 4. The van der Waals surface area contributed by atoms with Crippen LogP contribution in [0.25, 0.3) is 11.1 Å². The molecule has 5 atom stereocenters. The van der Waals surface area contributed by atoms with E-state index in [0.717, 1.165) is 16.7 Å². The number of amides is 1. The number of aliphatic hydroxyl groups excluding tert-OH is 3. The third kappa shape index (κ3) is 6.56. The number of aryl methyl sites for hydroxylation is 1. The molecule has 1 aliphatic rings.